The molecule has 0 saturated heterocycles. The quantitative estimate of drug-likeness (QED) is 0.685. The van der Waals surface area contributed by atoms with Gasteiger partial charge >= 0.3 is 0 Å². The van der Waals surface area contributed by atoms with Crippen molar-refractivity contribution in [1.29, 1.82) is 0 Å². The van der Waals surface area contributed by atoms with Gasteiger partial charge in [-0.25, -0.2) is 4.98 Å². The second-order valence-corrected chi connectivity index (χ2v) is 7.36. The number of benzene rings is 2. The number of aryl methyl sites for hydroxylation is 3. The molecule has 134 valence electrons. The Morgan fingerprint density at radius 3 is 2.31 bits per heavy atom. The summed E-state index contributed by atoms with van der Waals surface area (Å²) in [6.07, 6.45) is 0. The first-order chi connectivity index (χ1) is 12.4. The Balaban J connectivity index is 1.76. The van der Waals surface area contributed by atoms with E-state index in [4.69, 9.17) is 4.74 Å². The van der Waals surface area contributed by atoms with Gasteiger partial charge in [-0.1, -0.05) is 36.4 Å². The van der Waals surface area contributed by atoms with E-state index in [-0.39, 0.29) is 4.88 Å². The van der Waals surface area contributed by atoms with Crippen LogP contribution in [-0.4, -0.2) is 11.0 Å². The van der Waals surface area contributed by atoms with Crippen LogP contribution in [0.2, 0.25) is 0 Å². The Bertz CT molecular complexity index is 958. The van der Waals surface area contributed by atoms with E-state index in [9.17, 15) is 9.90 Å². The number of hydrogen-bond donors (Lipinski definition) is 0. The van der Waals surface area contributed by atoms with Gasteiger partial charge < -0.3 is 14.6 Å². The fourth-order valence-corrected chi connectivity index (χ4v) is 3.66. The number of nitrogens with zero attached hydrogens (tertiary/aromatic N) is 1. The van der Waals surface area contributed by atoms with Gasteiger partial charge in [-0.15, -0.1) is 11.3 Å². The molecule has 0 radical (unpaired) electrons. The Morgan fingerprint density at radius 1 is 1.04 bits per heavy atom. The van der Waals surface area contributed by atoms with Crippen molar-refractivity contribution in [3.63, 3.8) is 0 Å². The van der Waals surface area contributed by atoms with E-state index in [1.54, 1.807) is 6.92 Å². The van der Waals surface area contributed by atoms with E-state index in [0.717, 1.165) is 39.3 Å². The molecule has 0 fully saturated rings. The third-order valence-corrected chi connectivity index (χ3v) is 5.63. The summed E-state index contributed by atoms with van der Waals surface area (Å²) >= 11 is 1.14. The molecule has 0 atom stereocenters. The summed E-state index contributed by atoms with van der Waals surface area (Å²) in [5.41, 5.74) is 5.92. The van der Waals surface area contributed by atoms with Crippen LogP contribution in [0.3, 0.4) is 0 Å². The highest BCUT2D eigenvalue weighted by molar-refractivity contribution is 7.17. The van der Waals surface area contributed by atoms with Crippen molar-refractivity contribution >= 4 is 17.3 Å². The average molecular weight is 366 g/mol. The summed E-state index contributed by atoms with van der Waals surface area (Å²) in [7, 11) is 0. The number of rotatable bonds is 5. The van der Waals surface area contributed by atoms with Crippen LogP contribution < -0.4 is 9.84 Å². The normalized spacial score (nSPS) is 10.8. The van der Waals surface area contributed by atoms with Crippen molar-refractivity contribution < 1.29 is 14.6 Å². The Morgan fingerprint density at radius 2 is 1.69 bits per heavy atom. The molecular weight excluding hydrogens is 346 g/mol. The van der Waals surface area contributed by atoms with Crippen LogP contribution in [0.1, 0.15) is 37.6 Å². The summed E-state index contributed by atoms with van der Waals surface area (Å²) < 4.78 is 6.04. The van der Waals surface area contributed by atoms with E-state index in [0.29, 0.717) is 17.3 Å². The minimum Gasteiger partial charge on any atom is -0.544 e. The van der Waals surface area contributed by atoms with Crippen molar-refractivity contribution in [2.24, 2.45) is 0 Å². The minimum absolute atomic E-state index is 0.179. The molecule has 2 aromatic carbocycles. The highest BCUT2D eigenvalue weighted by atomic mass is 32.1. The molecule has 26 heavy (non-hydrogen) atoms. The van der Waals surface area contributed by atoms with Crippen LogP contribution in [0.25, 0.3) is 10.6 Å². The number of hydrogen-bond acceptors (Lipinski definition) is 5. The molecular formula is C21H20NO3S-. The zero-order valence-electron chi connectivity index (χ0n) is 15.3. The second kappa shape index (κ2) is 7.30. The summed E-state index contributed by atoms with van der Waals surface area (Å²) in [4.78, 5) is 15.6. The van der Waals surface area contributed by atoms with E-state index in [1.807, 2.05) is 31.2 Å². The van der Waals surface area contributed by atoms with Crippen molar-refractivity contribution in [2.45, 2.75) is 34.3 Å². The lowest BCUT2D eigenvalue weighted by atomic mass is 10.1. The third-order valence-electron chi connectivity index (χ3n) is 4.44. The standard InChI is InChI=1S/C21H21NO3S/c1-12-5-6-13(2)18(14(12)3)25-11-16-7-9-17(10-8-16)20-22-15(4)19(26-20)21(23)24/h5-10H,11H2,1-4H3,(H,23,24)/p-1. The van der Waals surface area contributed by atoms with Gasteiger partial charge in [-0.2, -0.15) is 0 Å². The molecule has 0 bridgehead atoms. The number of carbonyl (C=O) groups is 1. The molecule has 0 N–H and O–H groups in total. The SMILES string of the molecule is Cc1ccc(C)c(OCc2ccc(-c3nc(C)c(C(=O)[O-])s3)cc2)c1C. The van der Waals surface area contributed by atoms with Gasteiger partial charge in [0.1, 0.15) is 17.4 Å². The number of thiazole rings is 1. The molecule has 0 saturated carbocycles. The van der Waals surface area contributed by atoms with Crippen molar-refractivity contribution in [3.8, 4) is 16.3 Å². The smallest absolute Gasteiger partial charge is 0.125 e. The molecule has 0 unspecified atom stereocenters. The van der Waals surface area contributed by atoms with E-state index < -0.39 is 5.97 Å². The number of carboxylic acid groups (broad SMARTS) is 1. The van der Waals surface area contributed by atoms with Crippen molar-refractivity contribution in [1.82, 2.24) is 4.98 Å². The number of ether oxygens (including phenoxy) is 1. The lowest BCUT2D eigenvalue weighted by Gasteiger charge is -2.14. The highest BCUT2D eigenvalue weighted by Gasteiger charge is 2.11. The highest BCUT2D eigenvalue weighted by Crippen LogP contribution is 2.29. The van der Waals surface area contributed by atoms with Gasteiger partial charge in [-0.3, -0.25) is 0 Å². The van der Waals surface area contributed by atoms with Crippen molar-refractivity contribution in [3.05, 3.63) is 69.2 Å². The molecule has 1 aromatic heterocycles. The first-order valence-electron chi connectivity index (χ1n) is 8.34. The number of aromatic nitrogens is 1. The van der Waals surface area contributed by atoms with Crippen molar-refractivity contribution in [2.75, 3.05) is 0 Å². The Kier molecular flexibility index (Phi) is 5.09. The summed E-state index contributed by atoms with van der Waals surface area (Å²) in [5, 5.41) is 11.7. The van der Waals surface area contributed by atoms with Gasteiger partial charge in [0.2, 0.25) is 0 Å². The van der Waals surface area contributed by atoms with Crippen LogP contribution >= 0.6 is 11.3 Å². The predicted molar refractivity (Wildman–Crippen MR) is 102 cm³/mol. The van der Waals surface area contributed by atoms with Crippen LogP contribution in [0.4, 0.5) is 0 Å². The Labute approximate surface area is 157 Å². The second-order valence-electron chi connectivity index (χ2n) is 6.36. The van der Waals surface area contributed by atoms with Gasteiger partial charge in [0.05, 0.1) is 16.5 Å². The van der Waals surface area contributed by atoms with Gasteiger partial charge in [-0.05, 0) is 49.9 Å². The summed E-state index contributed by atoms with van der Waals surface area (Å²) in [5.74, 6) is -0.247. The number of carbonyl (C=O) groups excluding carboxylic acids is 1. The van der Waals surface area contributed by atoms with Crippen LogP contribution in [-0.2, 0) is 6.61 Å². The number of carboxylic acids is 1. The first-order valence-corrected chi connectivity index (χ1v) is 9.16. The molecule has 0 aliphatic carbocycles. The van der Waals surface area contributed by atoms with Crippen LogP contribution in [0.15, 0.2) is 36.4 Å². The molecule has 0 amide bonds. The monoisotopic (exact) mass is 366 g/mol. The maximum Gasteiger partial charge on any atom is 0.125 e. The predicted octanol–water partition coefficient (Wildman–Crippen LogP) is 3.99. The van der Waals surface area contributed by atoms with Gasteiger partial charge in [0.15, 0.2) is 0 Å². The molecule has 0 aliphatic heterocycles. The lowest BCUT2D eigenvalue weighted by Crippen LogP contribution is -2.21. The lowest BCUT2D eigenvalue weighted by molar-refractivity contribution is -0.254. The molecule has 0 spiro atoms. The summed E-state index contributed by atoms with van der Waals surface area (Å²) in [6, 6.07) is 12.0. The molecule has 1 heterocycles. The molecule has 0 aliphatic rings. The Hall–Kier alpha value is -2.66. The molecule has 3 rings (SSSR count). The third kappa shape index (κ3) is 3.63. The fourth-order valence-electron chi connectivity index (χ4n) is 2.76. The van der Waals surface area contributed by atoms with Gasteiger partial charge in [0.25, 0.3) is 0 Å². The molecule has 5 heteroatoms. The average Bonchev–Trinajstić information content (AvgIpc) is 3.01. The zero-order chi connectivity index (χ0) is 18.8. The molecule has 3 aromatic rings. The maximum atomic E-state index is 11.1. The number of aromatic carboxylic acids is 1. The van der Waals surface area contributed by atoms with E-state index in [1.165, 1.54) is 5.56 Å². The maximum absolute atomic E-state index is 11.1. The topological polar surface area (TPSA) is 62.2 Å². The minimum atomic E-state index is -1.18. The fraction of sp³-hybridized carbons (Fsp3) is 0.238. The largest absolute Gasteiger partial charge is 0.544 e. The van der Waals surface area contributed by atoms with E-state index in [2.05, 4.69) is 31.0 Å². The summed E-state index contributed by atoms with van der Waals surface area (Å²) in [6.45, 7) is 8.35. The van der Waals surface area contributed by atoms with Crippen LogP contribution in [0.5, 0.6) is 5.75 Å². The first kappa shape index (κ1) is 18.1. The van der Waals surface area contributed by atoms with E-state index >= 15 is 0 Å². The molecule has 4 nitrogen and oxygen atoms in total. The van der Waals surface area contributed by atoms with Crippen LogP contribution in [0, 0.1) is 27.7 Å². The van der Waals surface area contributed by atoms with Gasteiger partial charge in [0, 0.05) is 5.56 Å². The zero-order valence-corrected chi connectivity index (χ0v) is 16.1.